The van der Waals surface area contributed by atoms with E-state index in [0.29, 0.717) is 17.1 Å². The van der Waals surface area contributed by atoms with Crippen LogP contribution in [0.4, 0.5) is 0 Å². The maximum atomic E-state index is 7.40. The van der Waals surface area contributed by atoms with Gasteiger partial charge in [0.15, 0.2) is 0 Å². The van der Waals surface area contributed by atoms with Gasteiger partial charge in [0, 0.05) is 5.69 Å². The third-order valence-electron chi connectivity index (χ3n) is 2.63. The van der Waals surface area contributed by atoms with Gasteiger partial charge in [-0.3, -0.25) is 5.41 Å². The van der Waals surface area contributed by atoms with E-state index in [1.165, 1.54) is 5.56 Å². The van der Waals surface area contributed by atoms with Crippen molar-refractivity contribution in [2.45, 2.75) is 20.3 Å². The molecule has 0 atom stereocenters. The number of nitrogens with one attached hydrogen (secondary N) is 1. The number of nitrogens with two attached hydrogens (primary N) is 1. The lowest BCUT2D eigenvalue weighted by Crippen LogP contribution is -2.14. The van der Waals surface area contributed by atoms with Gasteiger partial charge in [0.25, 0.3) is 0 Å². The summed E-state index contributed by atoms with van der Waals surface area (Å²) in [5.41, 5.74) is 7.69. The molecule has 0 aliphatic heterocycles. The predicted molar refractivity (Wildman–Crippen MR) is 73.7 cm³/mol. The fraction of sp³-hybridized carbons (Fsp3) is 0.214. The summed E-state index contributed by atoms with van der Waals surface area (Å²) in [4.78, 5) is 8.28. The van der Waals surface area contributed by atoms with Crippen LogP contribution in [-0.2, 0) is 6.42 Å². The zero-order chi connectivity index (χ0) is 13.8. The minimum Gasteiger partial charge on any atom is -0.424 e. The van der Waals surface area contributed by atoms with Crippen LogP contribution in [0.25, 0.3) is 0 Å². The second kappa shape index (κ2) is 5.48. The Morgan fingerprint density at radius 1 is 1.32 bits per heavy atom. The Hall–Kier alpha value is -2.43. The number of nitrogen functional groups attached to an aromatic ring is 1. The Morgan fingerprint density at radius 2 is 2.11 bits per heavy atom. The highest BCUT2D eigenvalue weighted by Crippen LogP contribution is 2.20. The summed E-state index contributed by atoms with van der Waals surface area (Å²) in [5.74, 6) is 0.581. The van der Waals surface area contributed by atoms with Gasteiger partial charge in [-0.2, -0.15) is 4.98 Å². The van der Waals surface area contributed by atoms with Crippen molar-refractivity contribution in [2.24, 2.45) is 5.73 Å². The summed E-state index contributed by atoms with van der Waals surface area (Å²) in [6, 6.07) is 9.61. The maximum absolute atomic E-state index is 7.40. The Morgan fingerprint density at radius 3 is 2.79 bits per heavy atom. The fourth-order valence-electron chi connectivity index (χ4n) is 1.66. The van der Waals surface area contributed by atoms with Crippen LogP contribution in [0.15, 0.2) is 30.3 Å². The molecule has 5 nitrogen and oxygen atoms in total. The number of amidine groups is 1. The molecule has 1 heterocycles. The van der Waals surface area contributed by atoms with E-state index in [1.807, 2.05) is 31.2 Å². The Labute approximate surface area is 112 Å². The number of aryl methyl sites for hydroxylation is 2. The molecule has 0 amide bonds. The molecule has 0 fully saturated rings. The molecule has 0 aliphatic carbocycles. The number of hydrogen-bond acceptors (Lipinski definition) is 4. The van der Waals surface area contributed by atoms with Crippen LogP contribution in [-0.4, -0.2) is 15.8 Å². The van der Waals surface area contributed by atoms with Crippen molar-refractivity contribution in [1.82, 2.24) is 9.97 Å². The Balaban J connectivity index is 2.29. The lowest BCUT2D eigenvalue weighted by atomic mass is 10.2. The first kappa shape index (κ1) is 13.0. The summed E-state index contributed by atoms with van der Waals surface area (Å²) in [6.45, 7) is 3.89. The fourth-order valence-corrected chi connectivity index (χ4v) is 1.66. The maximum Gasteiger partial charge on any atom is 0.322 e. The molecule has 1 aromatic heterocycles. The summed E-state index contributed by atoms with van der Waals surface area (Å²) in [7, 11) is 0. The van der Waals surface area contributed by atoms with Crippen LogP contribution >= 0.6 is 0 Å². The quantitative estimate of drug-likeness (QED) is 0.650. The molecule has 98 valence electrons. The van der Waals surface area contributed by atoms with E-state index in [0.717, 1.165) is 6.42 Å². The molecule has 0 radical (unpaired) electrons. The molecule has 19 heavy (non-hydrogen) atoms. The molecule has 0 aliphatic rings. The van der Waals surface area contributed by atoms with Crippen LogP contribution in [0.2, 0.25) is 0 Å². The van der Waals surface area contributed by atoms with Crippen LogP contribution < -0.4 is 10.5 Å². The van der Waals surface area contributed by atoms with Gasteiger partial charge >= 0.3 is 6.01 Å². The van der Waals surface area contributed by atoms with E-state index >= 15 is 0 Å². The average Bonchev–Trinajstić information content (AvgIpc) is 2.38. The Bertz CT molecular complexity index is 610. The second-order valence-electron chi connectivity index (χ2n) is 4.19. The lowest BCUT2D eigenvalue weighted by molar-refractivity contribution is 0.439. The normalized spacial score (nSPS) is 10.2. The minimum absolute atomic E-state index is 0.0994. The molecule has 5 heteroatoms. The predicted octanol–water partition coefficient (Wildman–Crippen LogP) is 2.42. The zero-order valence-electron chi connectivity index (χ0n) is 11.0. The first-order valence-corrected chi connectivity index (χ1v) is 6.05. The number of rotatable bonds is 4. The average molecular weight is 256 g/mol. The van der Waals surface area contributed by atoms with Gasteiger partial charge in [0.1, 0.15) is 17.3 Å². The van der Waals surface area contributed by atoms with Crippen LogP contribution in [0, 0.1) is 12.3 Å². The van der Waals surface area contributed by atoms with Crippen molar-refractivity contribution in [3.8, 4) is 11.8 Å². The van der Waals surface area contributed by atoms with Crippen molar-refractivity contribution in [3.05, 3.63) is 47.3 Å². The van der Waals surface area contributed by atoms with Crippen molar-refractivity contribution < 1.29 is 4.74 Å². The highest BCUT2D eigenvalue weighted by molar-refractivity contribution is 5.93. The van der Waals surface area contributed by atoms with Crippen molar-refractivity contribution >= 4 is 5.84 Å². The van der Waals surface area contributed by atoms with Gasteiger partial charge in [0.05, 0.1) is 0 Å². The van der Waals surface area contributed by atoms with Gasteiger partial charge in [-0.1, -0.05) is 19.1 Å². The molecular weight excluding hydrogens is 240 g/mol. The summed E-state index contributed by atoms with van der Waals surface area (Å²) in [5, 5.41) is 7.40. The molecule has 0 saturated heterocycles. The summed E-state index contributed by atoms with van der Waals surface area (Å²) >= 11 is 0. The number of benzene rings is 1. The summed E-state index contributed by atoms with van der Waals surface area (Å²) in [6.07, 6.45) is 0.935. The van der Waals surface area contributed by atoms with E-state index in [4.69, 9.17) is 15.9 Å². The van der Waals surface area contributed by atoms with Crippen molar-refractivity contribution in [3.63, 3.8) is 0 Å². The first-order valence-electron chi connectivity index (χ1n) is 6.05. The topological polar surface area (TPSA) is 84.9 Å². The number of ether oxygens (including phenoxy) is 1. The lowest BCUT2D eigenvalue weighted by Gasteiger charge is -2.07. The van der Waals surface area contributed by atoms with E-state index in [9.17, 15) is 0 Å². The van der Waals surface area contributed by atoms with E-state index in [1.54, 1.807) is 6.07 Å². The SMILES string of the molecule is CCc1cccc(Oc2nc(C)cc(C(=N)N)n2)c1. The van der Waals surface area contributed by atoms with E-state index < -0.39 is 0 Å². The largest absolute Gasteiger partial charge is 0.424 e. The van der Waals surface area contributed by atoms with Gasteiger partial charge in [-0.25, -0.2) is 4.98 Å². The second-order valence-corrected chi connectivity index (χ2v) is 4.19. The van der Waals surface area contributed by atoms with Gasteiger partial charge < -0.3 is 10.5 Å². The third-order valence-corrected chi connectivity index (χ3v) is 2.63. The van der Waals surface area contributed by atoms with E-state index in [2.05, 4.69) is 16.9 Å². The molecule has 0 saturated carbocycles. The Kier molecular flexibility index (Phi) is 3.75. The van der Waals surface area contributed by atoms with E-state index in [-0.39, 0.29) is 11.8 Å². The van der Waals surface area contributed by atoms with Crippen LogP contribution in [0.1, 0.15) is 23.9 Å². The molecule has 0 unspecified atom stereocenters. The van der Waals surface area contributed by atoms with Crippen molar-refractivity contribution in [2.75, 3.05) is 0 Å². The summed E-state index contributed by atoms with van der Waals surface area (Å²) < 4.78 is 5.62. The van der Waals surface area contributed by atoms with Gasteiger partial charge in [0.2, 0.25) is 0 Å². The van der Waals surface area contributed by atoms with Gasteiger partial charge in [-0.15, -0.1) is 0 Å². The molecule has 0 spiro atoms. The van der Waals surface area contributed by atoms with Crippen LogP contribution in [0.5, 0.6) is 11.8 Å². The monoisotopic (exact) mass is 256 g/mol. The molecule has 0 bridgehead atoms. The molecule has 1 aromatic carbocycles. The first-order chi connectivity index (χ1) is 9.08. The molecule has 3 N–H and O–H groups in total. The number of aromatic nitrogens is 2. The zero-order valence-corrected chi connectivity index (χ0v) is 11.0. The smallest absolute Gasteiger partial charge is 0.322 e. The highest BCUT2D eigenvalue weighted by Gasteiger charge is 2.07. The molecule has 2 rings (SSSR count). The van der Waals surface area contributed by atoms with Gasteiger partial charge in [-0.05, 0) is 37.1 Å². The highest BCUT2D eigenvalue weighted by atomic mass is 16.5. The standard InChI is InChI=1S/C14H16N4O/c1-3-10-5-4-6-11(8-10)19-14-17-9(2)7-12(18-14)13(15)16/h4-8H,3H2,1-2H3,(H3,15,16). The molecular formula is C14H16N4O. The molecule has 2 aromatic rings. The van der Waals surface area contributed by atoms with Crippen molar-refractivity contribution in [1.29, 1.82) is 5.41 Å². The number of nitrogens with zero attached hydrogens (tertiary/aromatic N) is 2. The minimum atomic E-state index is -0.0994. The number of hydrogen-bond donors (Lipinski definition) is 2. The third kappa shape index (κ3) is 3.28. The van der Waals surface area contributed by atoms with Crippen LogP contribution in [0.3, 0.4) is 0 Å².